The summed E-state index contributed by atoms with van der Waals surface area (Å²) in [6.07, 6.45) is 4.18. The molecule has 0 radical (unpaired) electrons. The zero-order valence-electron chi connectivity index (χ0n) is 16.4. The maximum atomic E-state index is 12.8. The minimum absolute atomic E-state index is 0.205. The van der Waals surface area contributed by atoms with E-state index in [4.69, 9.17) is 4.74 Å². The molecule has 1 aromatic carbocycles. The molecule has 6 nitrogen and oxygen atoms in total. The van der Waals surface area contributed by atoms with Gasteiger partial charge in [0.25, 0.3) is 0 Å². The van der Waals surface area contributed by atoms with Crippen LogP contribution in [0.4, 0.5) is 0 Å². The van der Waals surface area contributed by atoms with Gasteiger partial charge in [-0.3, -0.25) is 14.6 Å². The number of carbonyl (C=O) groups is 2. The molecule has 144 valence electrons. The monoisotopic (exact) mass is 369 g/mol. The van der Waals surface area contributed by atoms with Gasteiger partial charge in [-0.05, 0) is 55.7 Å². The Morgan fingerprint density at radius 1 is 1.07 bits per heavy atom. The van der Waals surface area contributed by atoms with Gasteiger partial charge in [0.05, 0.1) is 7.11 Å². The number of pyridine rings is 1. The van der Waals surface area contributed by atoms with Crippen LogP contribution in [0.2, 0.25) is 0 Å². The van der Waals surface area contributed by atoms with Crippen molar-refractivity contribution >= 4 is 11.8 Å². The Balaban J connectivity index is 1.89. The highest BCUT2D eigenvalue weighted by molar-refractivity contribution is 6.04. The van der Waals surface area contributed by atoms with Crippen LogP contribution in [0.3, 0.4) is 0 Å². The molecule has 2 amide bonds. The number of aromatic nitrogens is 1. The minimum Gasteiger partial charge on any atom is -0.497 e. The van der Waals surface area contributed by atoms with E-state index in [2.05, 4.69) is 10.3 Å². The van der Waals surface area contributed by atoms with E-state index < -0.39 is 5.41 Å². The normalized spacial score (nSPS) is 11.0. The highest BCUT2D eigenvalue weighted by atomic mass is 16.5. The highest BCUT2D eigenvalue weighted by Crippen LogP contribution is 2.19. The minimum atomic E-state index is -1.14. The van der Waals surface area contributed by atoms with Crippen molar-refractivity contribution in [3.05, 3.63) is 59.9 Å². The maximum Gasteiger partial charge on any atom is 0.237 e. The number of ether oxygens (including phenoxy) is 1. The van der Waals surface area contributed by atoms with Crippen LogP contribution in [0.15, 0.2) is 48.8 Å². The second-order valence-corrected chi connectivity index (χ2v) is 6.99. The van der Waals surface area contributed by atoms with E-state index in [-0.39, 0.29) is 11.8 Å². The zero-order chi connectivity index (χ0) is 19.9. The van der Waals surface area contributed by atoms with Crippen molar-refractivity contribution in [2.45, 2.75) is 26.8 Å². The second kappa shape index (κ2) is 9.16. The highest BCUT2D eigenvalue weighted by Gasteiger charge is 2.37. The maximum absolute atomic E-state index is 12.8. The van der Waals surface area contributed by atoms with Crippen molar-refractivity contribution in [3.63, 3.8) is 0 Å². The van der Waals surface area contributed by atoms with E-state index in [0.29, 0.717) is 19.5 Å². The van der Waals surface area contributed by atoms with Gasteiger partial charge in [0.1, 0.15) is 11.2 Å². The van der Waals surface area contributed by atoms with Crippen LogP contribution in [0.25, 0.3) is 0 Å². The Labute approximate surface area is 160 Å². The molecule has 2 aromatic rings. The lowest BCUT2D eigenvalue weighted by Gasteiger charge is -2.28. The van der Waals surface area contributed by atoms with Gasteiger partial charge in [0.15, 0.2) is 0 Å². The Hall–Kier alpha value is -2.89. The first-order chi connectivity index (χ1) is 12.8. The molecular formula is C21H27N3O3. The molecular weight excluding hydrogens is 342 g/mol. The Morgan fingerprint density at radius 2 is 1.70 bits per heavy atom. The molecule has 0 fully saturated rings. The molecule has 27 heavy (non-hydrogen) atoms. The van der Waals surface area contributed by atoms with Crippen molar-refractivity contribution in [1.82, 2.24) is 15.2 Å². The van der Waals surface area contributed by atoms with E-state index in [1.807, 2.05) is 36.4 Å². The average molecular weight is 369 g/mol. The summed E-state index contributed by atoms with van der Waals surface area (Å²) in [7, 11) is 3.33. The zero-order valence-corrected chi connectivity index (χ0v) is 16.4. The SMILES string of the molecule is COc1ccc(CNC(=O)C(C)(C)C(=O)N(C)CCc2ccncc2)cc1. The predicted octanol–water partition coefficient (Wildman–Crippen LogP) is 2.43. The predicted molar refractivity (Wildman–Crippen MR) is 104 cm³/mol. The molecule has 1 aromatic heterocycles. The standard InChI is InChI=1S/C21H27N3O3/c1-21(2,19(25)23-15-17-5-7-18(27-4)8-6-17)20(26)24(3)14-11-16-9-12-22-13-10-16/h5-10,12-13H,11,14-15H2,1-4H3,(H,23,25). The van der Waals surface area contributed by atoms with Gasteiger partial charge >= 0.3 is 0 Å². The van der Waals surface area contributed by atoms with Gasteiger partial charge in [-0.25, -0.2) is 0 Å². The third-order valence-electron chi connectivity index (χ3n) is 4.55. The summed E-state index contributed by atoms with van der Waals surface area (Å²) in [5.41, 5.74) is 0.907. The van der Waals surface area contributed by atoms with Crippen LogP contribution in [0.5, 0.6) is 5.75 Å². The molecule has 0 unspecified atom stereocenters. The Kier molecular flexibility index (Phi) is 6.93. The number of amides is 2. The number of nitrogens with zero attached hydrogens (tertiary/aromatic N) is 2. The van der Waals surface area contributed by atoms with Crippen molar-refractivity contribution < 1.29 is 14.3 Å². The fourth-order valence-electron chi connectivity index (χ4n) is 2.67. The Bertz CT molecular complexity index is 758. The summed E-state index contributed by atoms with van der Waals surface area (Å²) in [5, 5.41) is 2.85. The van der Waals surface area contributed by atoms with Crippen LogP contribution < -0.4 is 10.1 Å². The van der Waals surface area contributed by atoms with Crippen LogP contribution in [-0.4, -0.2) is 42.4 Å². The summed E-state index contributed by atoms with van der Waals surface area (Å²) in [6, 6.07) is 11.3. The fraction of sp³-hybridized carbons (Fsp3) is 0.381. The molecule has 0 spiro atoms. The topological polar surface area (TPSA) is 71.5 Å². The summed E-state index contributed by atoms with van der Waals surface area (Å²) < 4.78 is 5.12. The summed E-state index contributed by atoms with van der Waals surface area (Å²) in [5.74, 6) is 0.263. The molecule has 1 N–H and O–H groups in total. The van der Waals surface area contributed by atoms with Gasteiger partial charge in [0.2, 0.25) is 11.8 Å². The number of methoxy groups -OCH3 is 1. The van der Waals surface area contributed by atoms with Crippen LogP contribution in [0.1, 0.15) is 25.0 Å². The van der Waals surface area contributed by atoms with Crippen molar-refractivity contribution in [2.75, 3.05) is 20.7 Å². The molecule has 0 bridgehead atoms. The number of hydrogen-bond donors (Lipinski definition) is 1. The number of benzene rings is 1. The van der Waals surface area contributed by atoms with Crippen LogP contribution in [0, 0.1) is 5.41 Å². The smallest absolute Gasteiger partial charge is 0.237 e. The summed E-state index contributed by atoms with van der Waals surface area (Å²) in [6.45, 7) is 4.21. The molecule has 0 aliphatic rings. The van der Waals surface area contributed by atoms with Gasteiger partial charge in [-0.1, -0.05) is 12.1 Å². The van der Waals surface area contributed by atoms with E-state index in [1.165, 1.54) is 0 Å². The summed E-state index contributed by atoms with van der Waals surface area (Å²) >= 11 is 0. The first kappa shape index (κ1) is 20.4. The van der Waals surface area contributed by atoms with Gasteiger partial charge in [-0.2, -0.15) is 0 Å². The van der Waals surface area contributed by atoms with E-state index in [0.717, 1.165) is 16.9 Å². The molecule has 0 aliphatic heterocycles. The van der Waals surface area contributed by atoms with E-state index in [1.54, 1.807) is 45.3 Å². The number of nitrogens with one attached hydrogen (secondary N) is 1. The second-order valence-electron chi connectivity index (χ2n) is 6.99. The quantitative estimate of drug-likeness (QED) is 0.726. The number of carbonyl (C=O) groups excluding carboxylic acids is 2. The van der Waals surface area contributed by atoms with E-state index in [9.17, 15) is 9.59 Å². The molecule has 6 heteroatoms. The number of likely N-dealkylation sites (N-methyl/N-ethyl adjacent to an activating group) is 1. The van der Waals surface area contributed by atoms with Crippen molar-refractivity contribution in [3.8, 4) is 5.75 Å². The third-order valence-corrected chi connectivity index (χ3v) is 4.55. The molecule has 0 atom stereocenters. The van der Waals surface area contributed by atoms with Crippen molar-refractivity contribution in [1.29, 1.82) is 0 Å². The molecule has 0 saturated carbocycles. The molecule has 0 saturated heterocycles. The molecule has 2 rings (SSSR count). The molecule has 0 aliphatic carbocycles. The Morgan fingerprint density at radius 3 is 2.30 bits per heavy atom. The lowest BCUT2D eigenvalue weighted by molar-refractivity contribution is -0.147. The largest absolute Gasteiger partial charge is 0.497 e. The van der Waals surface area contributed by atoms with Gasteiger partial charge in [-0.15, -0.1) is 0 Å². The van der Waals surface area contributed by atoms with Gasteiger partial charge in [0, 0.05) is 32.5 Å². The first-order valence-electron chi connectivity index (χ1n) is 8.90. The fourth-order valence-corrected chi connectivity index (χ4v) is 2.67. The van der Waals surface area contributed by atoms with Crippen LogP contribution >= 0.6 is 0 Å². The third kappa shape index (κ3) is 5.54. The molecule has 1 heterocycles. The van der Waals surface area contributed by atoms with Crippen LogP contribution in [-0.2, 0) is 22.6 Å². The first-order valence-corrected chi connectivity index (χ1v) is 8.90. The van der Waals surface area contributed by atoms with Crippen molar-refractivity contribution in [2.24, 2.45) is 5.41 Å². The lowest BCUT2D eigenvalue weighted by atomic mass is 9.90. The van der Waals surface area contributed by atoms with Gasteiger partial charge < -0.3 is 15.0 Å². The lowest BCUT2D eigenvalue weighted by Crippen LogP contribution is -2.48. The number of rotatable bonds is 8. The number of hydrogen-bond acceptors (Lipinski definition) is 4. The summed E-state index contributed by atoms with van der Waals surface area (Å²) in [4.78, 5) is 30.9. The van der Waals surface area contributed by atoms with E-state index >= 15 is 0 Å². The average Bonchev–Trinajstić information content (AvgIpc) is 2.70.